The zero-order valence-electron chi connectivity index (χ0n) is 11.6. The van der Waals surface area contributed by atoms with Crippen molar-refractivity contribution in [3.63, 3.8) is 0 Å². The fourth-order valence-electron chi connectivity index (χ4n) is 2.10. The minimum atomic E-state index is -0.121. The number of rotatable bonds is 4. The Morgan fingerprint density at radius 2 is 2.00 bits per heavy atom. The van der Waals surface area contributed by atoms with Gasteiger partial charge < -0.3 is 10.6 Å². The SMILES string of the molecule is CCCN(C(=O)c1cc(Cl)ccc1Br)c1ccccc1N. The van der Waals surface area contributed by atoms with Crippen LogP contribution < -0.4 is 10.6 Å². The van der Waals surface area contributed by atoms with Gasteiger partial charge >= 0.3 is 0 Å². The number of halogens is 2. The van der Waals surface area contributed by atoms with Gasteiger partial charge in [-0.2, -0.15) is 0 Å². The largest absolute Gasteiger partial charge is 0.397 e. The second kappa shape index (κ2) is 6.96. The molecule has 3 nitrogen and oxygen atoms in total. The number of carbonyl (C=O) groups is 1. The first-order chi connectivity index (χ1) is 10.0. The summed E-state index contributed by atoms with van der Waals surface area (Å²) < 4.78 is 0.715. The Morgan fingerprint density at radius 3 is 2.67 bits per heavy atom. The molecular formula is C16H16BrClN2O. The third-order valence-corrected chi connectivity index (χ3v) is 4.01. The molecule has 21 heavy (non-hydrogen) atoms. The van der Waals surface area contributed by atoms with E-state index in [2.05, 4.69) is 15.9 Å². The number of nitrogens with two attached hydrogens (primary N) is 1. The van der Waals surface area contributed by atoms with Crippen LogP contribution >= 0.6 is 27.5 Å². The van der Waals surface area contributed by atoms with E-state index in [1.165, 1.54) is 0 Å². The number of hydrogen-bond acceptors (Lipinski definition) is 2. The van der Waals surface area contributed by atoms with Gasteiger partial charge in [0.05, 0.1) is 16.9 Å². The fraction of sp³-hybridized carbons (Fsp3) is 0.188. The second-order valence-corrected chi connectivity index (χ2v) is 5.93. The van der Waals surface area contributed by atoms with Gasteiger partial charge in [0, 0.05) is 16.0 Å². The van der Waals surface area contributed by atoms with E-state index in [0.717, 1.165) is 12.1 Å². The summed E-state index contributed by atoms with van der Waals surface area (Å²) in [5, 5.41) is 0.527. The number of amides is 1. The monoisotopic (exact) mass is 366 g/mol. The van der Waals surface area contributed by atoms with E-state index in [-0.39, 0.29) is 5.91 Å². The summed E-state index contributed by atoms with van der Waals surface area (Å²) in [5.41, 5.74) is 7.83. The number of benzene rings is 2. The molecule has 0 saturated heterocycles. The molecule has 5 heteroatoms. The minimum Gasteiger partial charge on any atom is -0.397 e. The third-order valence-electron chi connectivity index (χ3n) is 3.08. The standard InChI is InChI=1S/C16H16BrClN2O/c1-2-9-20(15-6-4-3-5-14(15)19)16(21)12-10-11(18)7-8-13(12)17/h3-8,10H,2,9,19H2,1H3. The van der Waals surface area contributed by atoms with E-state index in [4.69, 9.17) is 17.3 Å². The van der Waals surface area contributed by atoms with E-state index in [9.17, 15) is 4.79 Å². The first-order valence-electron chi connectivity index (χ1n) is 6.66. The minimum absolute atomic E-state index is 0.121. The average Bonchev–Trinajstić information content (AvgIpc) is 2.47. The van der Waals surface area contributed by atoms with E-state index in [1.807, 2.05) is 25.1 Å². The van der Waals surface area contributed by atoms with Crippen molar-refractivity contribution in [2.75, 3.05) is 17.2 Å². The lowest BCUT2D eigenvalue weighted by Gasteiger charge is -2.24. The lowest BCUT2D eigenvalue weighted by molar-refractivity contribution is 0.0986. The molecular weight excluding hydrogens is 352 g/mol. The van der Waals surface area contributed by atoms with Crippen LogP contribution in [-0.2, 0) is 0 Å². The number of carbonyl (C=O) groups excluding carboxylic acids is 1. The van der Waals surface area contributed by atoms with E-state index < -0.39 is 0 Å². The Labute approximate surface area is 137 Å². The van der Waals surface area contributed by atoms with Crippen LogP contribution in [0.5, 0.6) is 0 Å². The second-order valence-electron chi connectivity index (χ2n) is 4.64. The highest BCUT2D eigenvalue weighted by molar-refractivity contribution is 9.10. The number of nitrogen functional groups attached to an aromatic ring is 1. The van der Waals surface area contributed by atoms with E-state index in [1.54, 1.807) is 29.2 Å². The summed E-state index contributed by atoms with van der Waals surface area (Å²) in [6.45, 7) is 2.61. The quantitative estimate of drug-likeness (QED) is 0.793. The predicted octanol–water partition coefficient (Wildman–Crippen LogP) is 4.74. The van der Waals surface area contributed by atoms with Crippen molar-refractivity contribution in [3.8, 4) is 0 Å². The van der Waals surface area contributed by atoms with Crippen LogP contribution in [0, 0.1) is 0 Å². The molecule has 0 aliphatic rings. The molecule has 0 saturated carbocycles. The molecule has 0 atom stereocenters. The molecule has 0 heterocycles. The van der Waals surface area contributed by atoms with Crippen molar-refractivity contribution in [1.29, 1.82) is 0 Å². The number of nitrogens with zero attached hydrogens (tertiary/aromatic N) is 1. The van der Waals surface area contributed by atoms with Crippen LogP contribution in [0.3, 0.4) is 0 Å². The number of hydrogen-bond donors (Lipinski definition) is 1. The lowest BCUT2D eigenvalue weighted by Crippen LogP contribution is -2.32. The van der Waals surface area contributed by atoms with Gasteiger partial charge in [0.25, 0.3) is 5.91 Å². The molecule has 0 aliphatic carbocycles. The maximum atomic E-state index is 12.8. The molecule has 2 aromatic rings. The molecule has 0 unspecified atom stereocenters. The third kappa shape index (κ3) is 3.57. The molecule has 0 spiro atoms. The van der Waals surface area contributed by atoms with Crippen LogP contribution in [-0.4, -0.2) is 12.5 Å². The highest BCUT2D eigenvalue weighted by Crippen LogP contribution is 2.28. The molecule has 2 aromatic carbocycles. The van der Waals surface area contributed by atoms with Crippen molar-refractivity contribution in [2.24, 2.45) is 0 Å². The van der Waals surface area contributed by atoms with Crippen molar-refractivity contribution in [1.82, 2.24) is 0 Å². The summed E-state index contributed by atoms with van der Waals surface area (Å²) >= 11 is 9.41. The van der Waals surface area contributed by atoms with Gasteiger partial charge in [0.15, 0.2) is 0 Å². The predicted molar refractivity (Wildman–Crippen MR) is 92.0 cm³/mol. The smallest absolute Gasteiger partial charge is 0.259 e. The van der Waals surface area contributed by atoms with Gasteiger partial charge in [-0.15, -0.1) is 0 Å². The van der Waals surface area contributed by atoms with E-state index >= 15 is 0 Å². The molecule has 0 aliphatic heterocycles. The van der Waals surface area contributed by atoms with Gasteiger partial charge in [-0.3, -0.25) is 4.79 Å². The van der Waals surface area contributed by atoms with Gasteiger partial charge in [0.1, 0.15) is 0 Å². The molecule has 2 rings (SSSR count). The van der Waals surface area contributed by atoms with Gasteiger partial charge in [-0.05, 0) is 52.7 Å². The summed E-state index contributed by atoms with van der Waals surface area (Å²) in [6.07, 6.45) is 0.832. The number of para-hydroxylation sites is 2. The first kappa shape index (κ1) is 15.9. The highest BCUT2D eigenvalue weighted by Gasteiger charge is 2.21. The van der Waals surface area contributed by atoms with Crippen LogP contribution in [0.25, 0.3) is 0 Å². The van der Waals surface area contributed by atoms with Crippen LogP contribution in [0.1, 0.15) is 23.7 Å². The van der Waals surface area contributed by atoms with Gasteiger partial charge in [-0.1, -0.05) is 30.7 Å². The molecule has 0 radical (unpaired) electrons. The van der Waals surface area contributed by atoms with Crippen molar-refractivity contribution in [3.05, 3.63) is 57.5 Å². The van der Waals surface area contributed by atoms with Gasteiger partial charge in [0.2, 0.25) is 0 Å². The fourth-order valence-corrected chi connectivity index (χ4v) is 2.68. The summed E-state index contributed by atoms with van der Waals surface area (Å²) in [4.78, 5) is 14.5. The Bertz CT molecular complexity index is 660. The molecule has 0 aromatic heterocycles. The van der Waals surface area contributed by atoms with Crippen molar-refractivity contribution >= 4 is 44.8 Å². The number of anilines is 2. The highest BCUT2D eigenvalue weighted by atomic mass is 79.9. The van der Waals surface area contributed by atoms with Crippen LogP contribution in [0.2, 0.25) is 5.02 Å². The van der Waals surface area contributed by atoms with Crippen molar-refractivity contribution in [2.45, 2.75) is 13.3 Å². The zero-order valence-corrected chi connectivity index (χ0v) is 14.0. The summed E-state index contributed by atoms with van der Waals surface area (Å²) in [5.74, 6) is -0.121. The Morgan fingerprint density at radius 1 is 1.29 bits per heavy atom. The maximum Gasteiger partial charge on any atom is 0.259 e. The Balaban J connectivity index is 2.45. The summed E-state index contributed by atoms with van der Waals surface area (Å²) in [7, 11) is 0. The van der Waals surface area contributed by atoms with Crippen LogP contribution in [0.4, 0.5) is 11.4 Å². The Kier molecular flexibility index (Phi) is 5.26. The molecule has 0 fully saturated rings. The topological polar surface area (TPSA) is 46.3 Å². The maximum absolute atomic E-state index is 12.8. The molecule has 1 amide bonds. The molecule has 110 valence electrons. The van der Waals surface area contributed by atoms with Crippen LogP contribution in [0.15, 0.2) is 46.9 Å². The van der Waals surface area contributed by atoms with Gasteiger partial charge in [-0.25, -0.2) is 0 Å². The molecule has 2 N–H and O–H groups in total. The summed E-state index contributed by atoms with van der Waals surface area (Å²) in [6, 6.07) is 12.5. The first-order valence-corrected chi connectivity index (χ1v) is 7.83. The van der Waals surface area contributed by atoms with Crippen molar-refractivity contribution < 1.29 is 4.79 Å². The average molecular weight is 368 g/mol. The zero-order chi connectivity index (χ0) is 15.4. The van der Waals surface area contributed by atoms with E-state index in [0.29, 0.717) is 27.3 Å². The lowest BCUT2D eigenvalue weighted by atomic mass is 10.1. The normalized spacial score (nSPS) is 10.4. The molecule has 0 bridgehead atoms. The Hall–Kier alpha value is -1.52.